The Bertz CT molecular complexity index is 2170. The quantitative estimate of drug-likeness (QED) is 0.235. The summed E-state index contributed by atoms with van der Waals surface area (Å²) in [4.78, 5) is 9.58. The lowest BCUT2D eigenvalue weighted by molar-refractivity contribution is 0.583. The van der Waals surface area contributed by atoms with E-state index in [1.54, 1.807) is 6.26 Å². The first kappa shape index (κ1) is 22.6. The molecule has 4 heterocycles. The Hall–Kier alpha value is -5.42. The Balaban J connectivity index is 1.44. The Morgan fingerprint density at radius 1 is 0.675 bits per heavy atom. The Kier molecular flexibility index (Phi) is 4.97. The zero-order chi connectivity index (χ0) is 26.6. The first-order chi connectivity index (χ1) is 19.8. The van der Waals surface area contributed by atoms with Crippen molar-refractivity contribution in [2.24, 2.45) is 7.05 Å². The molecule has 5 heteroatoms. The van der Waals surface area contributed by atoms with Crippen molar-refractivity contribution < 1.29 is 4.42 Å². The summed E-state index contributed by atoms with van der Waals surface area (Å²) in [5.74, 6) is 1.79. The van der Waals surface area contributed by atoms with Gasteiger partial charge in [-0.1, -0.05) is 54.6 Å². The number of hydrogen-bond donors (Lipinski definition) is 0. The average Bonchev–Trinajstić information content (AvgIpc) is 3.74. The van der Waals surface area contributed by atoms with Gasteiger partial charge in [0.05, 0.1) is 34.0 Å². The van der Waals surface area contributed by atoms with Crippen LogP contribution in [0.25, 0.3) is 72.5 Å². The fraction of sp³-hybridized carbons (Fsp3) is 0.0286. The molecule has 8 rings (SSSR count). The molecule has 0 N–H and O–H groups in total. The highest BCUT2D eigenvalue weighted by Gasteiger charge is 2.19. The molecule has 0 saturated heterocycles. The molecule has 190 valence electrons. The number of benzene rings is 4. The van der Waals surface area contributed by atoms with Crippen LogP contribution in [-0.2, 0) is 7.05 Å². The van der Waals surface area contributed by atoms with Crippen molar-refractivity contribution in [2.75, 3.05) is 0 Å². The first-order valence-electron chi connectivity index (χ1n) is 13.3. The number of imidazole rings is 1. The number of aromatic nitrogens is 4. The minimum atomic E-state index is 0.853. The minimum absolute atomic E-state index is 0.853. The monoisotopic (exact) mass is 516 g/mol. The van der Waals surface area contributed by atoms with Crippen LogP contribution in [0.15, 0.2) is 132 Å². The van der Waals surface area contributed by atoms with E-state index >= 15 is 0 Å². The molecule has 8 aromatic rings. The fourth-order valence-electron chi connectivity index (χ4n) is 5.86. The van der Waals surface area contributed by atoms with Gasteiger partial charge in [0.1, 0.15) is 11.6 Å². The largest absolute Gasteiger partial charge is 0.464 e. The van der Waals surface area contributed by atoms with Gasteiger partial charge in [0, 0.05) is 46.4 Å². The minimum Gasteiger partial charge on any atom is -0.464 e. The van der Waals surface area contributed by atoms with Gasteiger partial charge in [-0.15, -0.1) is 0 Å². The van der Waals surface area contributed by atoms with E-state index < -0.39 is 0 Å². The third-order valence-electron chi connectivity index (χ3n) is 7.69. The van der Waals surface area contributed by atoms with E-state index in [4.69, 9.17) is 9.40 Å². The maximum Gasteiger partial charge on any atom is 0.140 e. The number of rotatable bonds is 4. The van der Waals surface area contributed by atoms with Crippen LogP contribution >= 0.6 is 0 Å². The second kappa shape index (κ2) is 8.82. The lowest BCUT2D eigenvalue weighted by Gasteiger charge is -2.11. The predicted octanol–water partition coefficient (Wildman–Crippen LogP) is 8.66. The van der Waals surface area contributed by atoms with Gasteiger partial charge in [0.25, 0.3) is 0 Å². The highest BCUT2D eigenvalue weighted by Crippen LogP contribution is 2.40. The van der Waals surface area contributed by atoms with Crippen LogP contribution in [0.2, 0.25) is 0 Å². The van der Waals surface area contributed by atoms with Crippen molar-refractivity contribution in [3.05, 3.63) is 128 Å². The SMILES string of the molecule is Cn1c(-c2ccc3c4c(-c5ccco5)cccc4n(-c4cccc(-c5ccccn5)c4)c3c2)nc2ccccc21. The van der Waals surface area contributed by atoms with Gasteiger partial charge in [-0.25, -0.2) is 4.98 Å². The van der Waals surface area contributed by atoms with Gasteiger partial charge in [0.2, 0.25) is 0 Å². The van der Waals surface area contributed by atoms with Crippen molar-refractivity contribution in [3.63, 3.8) is 0 Å². The summed E-state index contributed by atoms with van der Waals surface area (Å²) >= 11 is 0. The number of aryl methyl sites for hydroxylation is 1. The smallest absolute Gasteiger partial charge is 0.140 e. The van der Waals surface area contributed by atoms with E-state index in [1.807, 2.05) is 42.6 Å². The van der Waals surface area contributed by atoms with Crippen molar-refractivity contribution in [1.29, 1.82) is 0 Å². The Morgan fingerprint density at radius 2 is 1.55 bits per heavy atom. The standard InChI is InChI=1S/C35H24N4O/c1-38-30-14-3-2-13-29(30)37-35(38)24-17-18-26-32(22-24)39(25-10-6-9-23(21-25)28-12-4-5-19-36-28)31-15-7-11-27(34(26)31)33-16-8-20-40-33/h2-22H,1H3. The van der Waals surface area contributed by atoms with Crippen LogP contribution in [0.3, 0.4) is 0 Å². The molecule has 40 heavy (non-hydrogen) atoms. The normalized spacial score (nSPS) is 11.6. The van der Waals surface area contributed by atoms with Gasteiger partial charge < -0.3 is 13.6 Å². The lowest BCUT2D eigenvalue weighted by Crippen LogP contribution is -1.96. The van der Waals surface area contributed by atoms with Crippen LogP contribution in [0.1, 0.15) is 0 Å². The molecule has 4 aromatic carbocycles. The Morgan fingerprint density at radius 3 is 2.40 bits per heavy atom. The molecule has 0 amide bonds. The van der Waals surface area contributed by atoms with Crippen LogP contribution < -0.4 is 0 Å². The van der Waals surface area contributed by atoms with Crippen LogP contribution in [0, 0.1) is 0 Å². The first-order valence-corrected chi connectivity index (χ1v) is 13.3. The summed E-state index contributed by atoms with van der Waals surface area (Å²) in [5, 5.41) is 2.32. The highest BCUT2D eigenvalue weighted by molar-refractivity contribution is 6.16. The molecule has 0 aliphatic heterocycles. The summed E-state index contributed by atoms with van der Waals surface area (Å²) in [7, 11) is 2.08. The molecular weight excluding hydrogens is 492 g/mol. The molecule has 0 spiro atoms. The fourth-order valence-corrected chi connectivity index (χ4v) is 5.86. The molecule has 0 radical (unpaired) electrons. The molecular formula is C35H24N4O. The summed E-state index contributed by atoms with van der Waals surface area (Å²) in [6.45, 7) is 0. The second-order valence-corrected chi connectivity index (χ2v) is 9.99. The molecule has 0 unspecified atom stereocenters. The molecule has 0 bridgehead atoms. The molecule has 4 aromatic heterocycles. The lowest BCUT2D eigenvalue weighted by atomic mass is 10.0. The molecule has 0 atom stereocenters. The molecule has 5 nitrogen and oxygen atoms in total. The van der Waals surface area contributed by atoms with E-state index in [1.165, 1.54) is 0 Å². The van der Waals surface area contributed by atoms with Gasteiger partial charge in [-0.2, -0.15) is 0 Å². The van der Waals surface area contributed by atoms with Gasteiger partial charge in [-0.3, -0.25) is 4.98 Å². The Labute approximate surface area is 230 Å². The van der Waals surface area contributed by atoms with Gasteiger partial charge in [-0.05, 0) is 60.7 Å². The van der Waals surface area contributed by atoms with Crippen LogP contribution in [-0.4, -0.2) is 19.1 Å². The molecule has 0 aliphatic rings. The van der Waals surface area contributed by atoms with Crippen LogP contribution in [0.5, 0.6) is 0 Å². The van der Waals surface area contributed by atoms with E-state index in [2.05, 4.69) is 100 Å². The molecule has 0 saturated carbocycles. The van der Waals surface area contributed by atoms with E-state index in [9.17, 15) is 0 Å². The van der Waals surface area contributed by atoms with E-state index in [-0.39, 0.29) is 0 Å². The highest BCUT2D eigenvalue weighted by atomic mass is 16.3. The molecule has 0 aliphatic carbocycles. The number of nitrogens with zero attached hydrogens (tertiary/aromatic N) is 4. The van der Waals surface area contributed by atoms with Crippen molar-refractivity contribution in [1.82, 2.24) is 19.1 Å². The number of fused-ring (bicyclic) bond motifs is 4. The van der Waals surface area contributed by atoms with Crippen molar-refractivity contribution in [3.8, 4) is 39.7 Å². The molecule has 0 fully saturated rings. The van der Waals surface area contributed by atoms with Gasteiger partial charge >= 0.3 is 0 Å². The topological polar surface area (TPSA) is 48.8 Å². The van der Waals surface area contributed by atoms with Crippen molar-refractivity contribution >= 4 is 32.8 Å². The summed E-state index contributed by atoms with van der Waals surface area (Å²) in [6, 6.07) is 39.9. The predicted molar refractivity (Wildman–Crippen MR) is 161 cm³/mol. The third-order valence-corrected chi connectivity index (χ3v) is 7.69. The van der Waals surface area contributed by atoms with E-state index in [0.717, 1.165) is 72.5 Å². The number of hydrogen-bond acceptors (Lipinski definition) is 3. The maximum atomic E-state index is 5.88. The zero-order valence-corrected chi connectivity index (χ0v) is 21.8. The number of furan rings is 1. The number of para-hydroxylation sites is 2. The van der Waals surface area contributed by atoms with Gasteiger partial charge in [0.15, 0.2) is 0 Å². The van der Waals surface area contributed by atoms with E-state index in [0.29, 0.717) is 0 Å². The second-order valence-electron chi connectivity index (χ2n) is 9.99. The van der Waals surface area contributed by atoms with Crippen LogP contribution in [0.4, 0.5) is 0 Å². The summed E-state index contributed by atoms with van der Waals surface area (Å²) < 4.78 is 10.4. The third kappa shape index (κ3) is 3.41. The maximum absolute atomic E-state index is 5.88. The zero-order valence-electron chi connectivity index (χ0n) is 21.8. The summed E-state index contributed by atoms with van der Waals surface area (Å²) in [6.07, 6.45) is 3.56. The summed E-state index contributed by atoms with van der Waals surface area (Å²) in [5.41, 5.74) is 9.55. The average molecular weight is 517 g/mol. The van der Waals surface area contributed by atoms with Crippen molar-refractivity contribution in [2.45, 2.75) is 0 Å². The number of pyridine rings is 1.